The molecule has 0 aromatic heterocycles. The van der Waals surface area contributed by atoms with Crippen LogP contribution in [0.5, 0.6) is 5.75 Å². The predicted molar refractivity (Wildman–Crippen MR) is 86.9 cm³/mol. The van der Waals surface area contributed by atoms with Gasteiger partial charge in [0.2, 0.25) is 0 Å². The molecule has 8 nitrogen and oxygen atoms in total. The van der Waals surface area contributed by atoms with E-state index in [2.05, 4.69) is 22.6 Å². The standard InChI is InChI=1S/C15H22N4O4/c1-16-15(20)23-12-6-7-13(14(9-12)19(21)22)17-10-11-5-3-4-8-18(11)2/h6-7,9,11,17H,3-5,8,10H2,1-2H3,(H,16,20)/t11-/m1/s1. The molecule has 0 radical (unpaired) electrons. The SMILES string of the molecule is CNC(=O)Oc1ccc(NC[C@H]2CCCCN2C)c([N+](=O)[O-])c1. The number of anilines is 1. The van der Waals surface area contributed by atoms with Crippen LogP contribution < -0.4 is 15.4 Å². The van der Waals surface area contributed by atoms with Crippen molar-refractivity contribution in [2.24, 2.45) is 0 Å². The molecule has 1 saturated heterocycles. The fourth-order valence-electron chi connectivity index (χ4n) is 2.66. The maximum absolute atomic E-state index is 11.2. The second-order valence-electron chi connectivity index (χ2n) is 5.59. The van der Waals surface area contributed by atoms with Crippen molar-refractivity contribution in [1.82, 2.24) is 10.2 Å². The number of ether oxygens (including phenoxy) is 1. The number of piperidine rings is 1. The maximum atomic E-state index is 11.2. The van der Waals surface area contributed by atoms with Crippen molar-refractivity contribution >= 4 is 17.5 Å². The lowest BCUT2D eigenvalue weighted by atomic mass is 10.0. The fourth-order valence-corrected chi connectivity index (χ4v) is 2.66. The van der Waals surface area contributed by atoms with E-state index >= 15 is 0 Å². The Hall–Kier alpha value is -2.35. The molecule has 1 aromatic rings. The van der Waals surface area contributed by atoms with E-state index in [4.69, 9.17) is 4.74 Å². The lowest BCUT2D eigenvalue weighted by molar-refractivity contribution is -0.384. The number of benzene rings is 1. The summed E-state index contributed by atoms with van der Waals surface area (Å²) in [7, 11) is 3.49. The second kappa shape index (κ2) is 7.77. The van der Waals surface area contributed by atoms with Crippen molar-refractivity contribution in [3.8, 4) is 5.75 Å². The minimum Gasteiger partial charge on any atom is -0.410 e. The van der Waals surface area contributed by atoms with E-state index in [9.17, 15) is 14.9 Å². The lowest BCUT2D eigenvalue weighted by Crippen LogP contribution is -2.40. The highest BCUT2D eigenvalue weighted by Crippen LogP contribution is 2.29. The molecule has 1 aromatic carbocycles. The molecule has 1 amide bonds. The van der Waals surface area contributed by atoms with Crippen LogP contribution in [0.1, 0.15) is 19.3 Å². The summed E-state index contributed by atoms with van der Waals surface area (Å²) in [6, 6.07) is 4.72. The van der Waals surface area contributed by atoms with Crippen LogP contribution in [0.3, 0.4) is 0 Å². The van der Waals surface area contributed by atoms with Crippen molar-refractivity contribution in [2.75, 3.05) is 32.5 Å². The number of carbonyl (C=O) groups excluding carboxylic acids is 1. The maximum Gasteiger partial charge on any atom is 0.412 e. The molecular formula is C15H22N4O4. The van der Waals surface area contributed by atoms with Gasteiger partial charge in [0.15, 0.2) is 0 Å². The molecule has 1 heterocycles. The molecule has 0 saturated carbocycles. The van der Waals surface area contributed by atoms with Crippen LogP contribution in [0.2, 0.25) is 0 Å². The van der Waals surface area contributed by atoms with E-state index in [-0.39, 0.29) is 11.4 Å². The summed E-state index contributed by atoms with van der Waals surface area (Å²) < 4.78 is 4.93. The fraction of sp³-hybridized carbons (Fsp3) is 0.533. The van der Waals surface area contributed by atoms with Gasteiger partial charge in [0.05, 0.1) is 11.0 Å². The van der Waals surface area contributed by atoms with Crippen molar-refractivity contribution in [1.29, 1.82) is 0 Å². The Kier molecular flexibility index (Phi) is 5.75. The van der Waals surface area contributed by atoms with Gasteiger partial charge in [-0.3, -0.25) is 10.1 Å². The number of hydrogen-bond donors (Lipinski definition) is 2. The van der Waals surface area contributed by atoms with Gasteiger partial charge >= 0.3 is 6.09 Å². The van der Waals surface area contributed by atoms with E-state index in [1.165, 1.54) is 32.0 Å². The third kappa shape index (κ3) is 4.56. The quantitative estimate of drug-likeness (QED) is 0.637. The number of nitro groups is 1. The van der Waals surface area contributed by atoms with Crippen LogP contribution in [0, 0.1) is 10.1 Å². The largest absolute Gasteiger partial charge is 0.412 e. The molecule has 0 spiro atoms. The number of rotatable bonds is 5. The third-order valence-corrected chi connectivity index (χ3v) is 4.03. The minimum atomic E-state index is -0.663. The van der Waals surface area contributed by atoms with E-state index in [0.717, 1.165) is 13.0 Å². The van der Waals surface area contributed by atoms with Crippen LogP contribution >= 0.6 is 0 Å². The number of nitrogens with zero attached hydrogens (tertiary/aromatic N) is 2. The van der Waals surface area contributed by atoms with Crippen LogP contribution in [-0.4, -0.2) is 49.1 Å². The molecule has 0 unspecified atom stereocenters. The molecule has 0 bridgehead atoms. The summed E-state index contributed by atoms with van der Waals surface area (Å²) in [6.07, 6.45) is 2.79. The normalized spacial score (nSPS) is 18.3. The molecule has 1 aliphatic rings. The van der Waals surface area contributed by atoms with Gasteiger partial charge in [-0.25, -0.2) is 4.79 Å². The average Bonchev–Trinajstić information content (AvgIpc) is 2.54. The Balaban J connectivity index is 2.08. The molecule has 23 heavy (non-hydrogen) atoms. The minimum absolute atomic E-state index is 0.107. The third-order valence-electron chi connectivity index (χ3n) is 4.03. The zero-order chi connectivity index (χ0) is 16.8. The number of likely N-dealkylation sites (tertiary alicyclic amines) is 1. The first-order valence-electron chi connectivity index (χ1n) is 7.63. The number of amides is 1. The van der Waals surface area contributed by atoms with E-state index in [1.54, 1.807) is 6.07 Å². The predicted octanol–water partition coefficient (Wildman–Crippen LogP) is 2.21. The number of likely N-dealkylation sites (N-methyl/N-ethyl adjacent to an activating group) is 1. The van der Waals surface area contributed by atoms with Crippen LogP contribution in [0.15, 0.2) is 18.2 Å². The molecule has 1 fully saturated rings. The van der Waals surface area contributed by atoms with Crippen LogP contribution in [0.25, 0.3) is 0 Å². The average molecular weight is 322 g/mol. The smallest absolute Gasteiger partial charge is 0.410 e. The Morgan fingerprint density at radius 3 is 2.91 bits per heavy atom. The first-order chi connectivity index (χ1) is 11.0. The van der Waals surface area contributed by atoms with Gasteiger partial charge in [0, 0.05) is 19.6 Å². The van der Waals surface area contributed by atoms with Crippen LogP contribution in [-0.2, 0) is 0 Å². The Morgan fingerprint density at radius 2 is 2.26 bits per heavy atom. The number of hydrogen-bond acceptors (Lipinski definition) is 6. The van der Waals surface area contributed by atoms with Gasteiger partial charge in [-0.2, -0.15) is 0 Å². The van der Waals surface area contributed by atoms with Crippen molar-refractivity contribution in [3.63, 3.8) is 0 Å². The van der Waals surface area contributed by atoms with Gasteiger partial charge in [0.25, 0.3) is 5.69 Å². The van der Waals surface area contributed by atoms with Crippen LogP contribution in [0.4, 0.5) is 16.2 Å². The molecule has 1 aliphatic heterocycles. The highest BCUT2D eigenvalue weighted by Gasteiger charge is 2.21. The zero-order valence-corrected chi connectivity index (χ0v) is 13.4. The Labute approximate surface area is 134 Å². The summed E-state index contributed by atoms with van der Waals surface area (Å²) in [5.41, 5.74) is 0.322. The summed E-state index contributed by atoms with van der Waals surface area (Å²) >= 11 is 0. The lowest BCUT2D eigenvalue weighted by Gasteiger charge is -2.32. The molecule has 2 rings (SSSR count). The van der Waals surface area contributed by atoms with Gasteiger partial charge < -0.3 is 20.3 Å². The molecule has 8 heteroatoms. The summed E-state index contributed by atoms with van der Waals surface area (Å²) in [5.74, 6) is 0.136. The first-order valence-corrected chi connectivity index (χ1v) is 7.63. The highest BCUT2D eigenvalue weighted by atomic mass is 16.6. The van der Waals surface area contributed by atoms with Crippen molar-refractivity contribution in [3.05, 3.63) is 28.3 Å². The number of nitro benzene ring substituents is 1. The molecule has 2 N–H and O–H groups in total. The van der Waals surface area contributed by atoms with Crippen molar-refractivity contribution in [2.45, 2.75) is 25.3 Å². The topological polar surface area (TPSA) is 96.7 Å². The Bertz CT molecular complexity index is 579. The van der Waals surface area contributed by atoms with Gasteiger partial charge in [-0.05, 0) is 38.6 Å². The summed E-state index contributed by atoms with van der Waals surface area (Å²) in [5, 5.41) is 16.7. The first kappa shape index (κ1) is 17.0. The van der Waals surface area contributed by atoms with Gasteiger partial charge in [0.1, 0.15) is 11.4 Å². The number of carbonyl (C=O) groups is 1. The van der Waals surface area contributed by atoms with Gasteiger partial charge in [-0.15, -0.1) is 0 Å². The summed E-state index contributed by atoms with van der Waals surface area (Å²) in [6.45, 7) is 1.69. The van der Waals surface area contributed by atoms with Gasteiger partial charge in [-0.1, -0.05) is 6.42 Å². The van der Waals surface area contributed by atoms with E-state index in [1.807, 2.05) is 0 Å². The molecular weight excluding hydrogens is 300 g/mol. The molecule has 126 valence electrons. The monoisotopic (exact) mass is 322 g/mol. The molecule has 0 aliphatic carbocycles. The Morgan fingerprint density at radius 1 is 1.48 bits per heavy atom. The second-order valence-corrected chi connectivity index (χ2v) is 5.59. The molecule has 1 atom stereocenters. The van der Waals surface area contributed by atoms with E-state index in [0.29, 0.717) is 18.3 Å². The number of nitrogens with one attached hydrogen (secondary N) is 2. The zero-order valence-electron chi connectivity index (χ0n) is 13.4. The highest BCUT2D eigenvalue weighted by molar-refractivity contribution is 5.72. The van der Waals surface area contributed by atoms with Crippen molar-refractivity contribution < 1.29 is 14.5 Å². The van der Waals surface area contributed by atoms with E-state index < -0.39 is 11.0 Å². The summed E-state index contributed by atoms with van der Waals surface area (Å²) in [4.78, 5) is 24.2.